The van der Waals surface area contributed by atoms with Crippen LogP contribution in [0.1, 0.15) is 5.56 Å². The number of rotatable bonds is 2. The maximum Gasteiger partial charge on any atom is 0.123 e. The maximum absolute atomic E-state index is 12.7. The van der Waals surface area contributed by atoms with Crippen LogP contribution in [0.2, 0.25) is 0 Å². The largest absolute Gasteiger partial charge is 0.240 e. The van der Waals surface area contributed by atoms with Gasteiger partial charge in [-0.25, -0.2) is 9.07 Å². The van der Waals surface area contributed by atoms with E-state index in [0.717, 1.165) is 11.3 Å². The van der Waals surface area contributed by atoms with Crippen LogP contribution in [0.15, 0.2) is 42.7 Å². The van der Waals surface area contributed by atoms with E-state index in [4.69, 9.17) is 5.26 Å². The molecule has 0 N–H and O–H groups in total. The number of halogens is 1. The lowest BCUT2D eigenvalue weighted by Crippen LogP contribution is -1.93. The van der Waals surface area contributed by atoms with Crippen LogP contribution in [0, 0.1) is 17.1 Å². The van der Waals surface area contributed by atoms with Gasteiger partial charge in [-0.3, -0.25) is 0 Å². The van der Waals surface area contributed by atoms with E-state index in [1.54, 1.807) is 35.3 Å². The number of nitrogens with zero attached hydrogens (tertiary/aromatic N) is 3. The molecule has 78 valence electrons. The van der Waals surface area contributed by atoms with Crippen molar-refractivity contribution in [3.05, 3.63) is 54.1 Å². The number of nitriles is 1. The topological polar surface area (TPSA) is 41.6 Å². The molecular weight excluding hydrogens is 205 g/mol. The number of hydrogen-bond donors (Lipinski definition) is 0. The summed E-state index contributed by atoms with van der Waals surface area (Å²) in [5.74, 6) is -0.277. The SMILES string of the molecule is N#CC=Cc1cnn(-c2ccc(F)cc2)c1. The molecule has 0 fully saturated rings. The van der Waals surface area contributed by atoms with Gasteiger partial charge in [-0.1, -0.05) is 0 Å². The van der Waals surface area contributed by atoms with Gasteiger partial charge in [0.25, 0.3) is 0 Å². The van der Waals surface area contributed by atoms with Crippen molar-refractivity contribution in [2.24, 2.45) is 0 Å². The van der Waals surface area contributed by atoms with Crippen molar-refractivity contribution in [3.63, 3.8) is 0 Å². The Labute approximate surface area is 92.1 Å². The summed E-state index contributed by atoms with van der Waals surface area (Å²) in [4.78, 5) is 0. The van der Waals surface area contributed by atoms with Crippen LogP contribution >= 0.6 is 0 Å². The smallest absolute Gasteiger partial charge is 0.123 e. The summed E-state index contributed by atoms with van der Waals surface area (Å²) in [5.41, 5.74) is 1.60. The van der Waals surface area contributed by atoms with Gasteiger partial charge in [0.2, 0.25) is 0 Å². The molecule has 3 nitrogen and oxygen atoms in total. The van der Waals surface area contributed by atoms with Crippen molar-refractivity contribution in [2.45, 2.75) is 0 Å². The Morgan fingerprint density at radius 2 is 2.06 bits per heavy atom. The van der Waals surface area contributed by atoms with Gasteiger partial charge < -0.3 is 0 Å². The molecule has 0 radical (unpaired) electrons. The molecule has 1 heterocycles. The molecule has 2 aromatic rings. The fourth-order valence-corrected chi connectivity index (χ4v) is 1.29. The molecular formula is C12H8FN3. The monoisotopic (exact) mass is 213 g/mol. The lowest BCUT2D eigenvalue weighted by atomic mass is 10.3. The van der Waals surface area contributed by atoms with E-state index < -0.39 is 0 Å². The summed E-state index contributed by atoms with van der Waals surface area (Å²) in [7, 11) is 0. The Bertz CT molecular complexity index is 546. The molecule has 0 bridgehead atoms. The van der Waals surface area contributed by atoms with Crippen LogP contribution < -0.4 is 0 Å². The first-order valence-corrected chi connectivity index (χ1v) is 4.66. The summed E-state index contributed by atoms with van der Waals surface area (Å²) >= 11 is 0. The van der Waals surface area contributed by atoms with Crippen molar-refractivity contribution < 1.29 is 4.39 Å². The van der Waals surface area contributed by atoms with Crippen LogP contribution in [-0.2, 0) is 0 Å². The summed E-state index contributed by atoms with van der Waals surface area (Å²) in [6.07, 6.45) is 6.44. The Morgan fingerprint density at radius 3 is 2.75 bits per heavy atom. The molecule has 0 unspecified atom stereocenters. The molecule has 0 saturated heterocycles. The molecule has 0 saturated carbocycles. The highest BCUT2D eigenvalue weighted by atomic mass is 19.1. The standard InChI is InChI=1S/C12H8FN3/c13-11-3-5-12(6-4-11)16-9-10(8-15-16)2-1-7-14/h1-6,8-9H. The zero-order valence-corrected chi connectivity index (χ0v) is 8.34. The molecule has 1 aromatic heterocycles. The van der Waals surface area contributed by atoms with E-state index in [1.807, 2.05) is 6.07 Å². The Balaban J connectivity index is 2.28. The second-order valence-electron chi connectivity index (χ2n) is 3.16. The van der Waals surface area contributed by atoms with Gasteiger partial charge in [0.05, 0.1) is 18.0 Å². The molecule has 0 amide bonds. The number of benzene rings is 1. The lowest BCUT2D eigenvalue weighted by Gasteiger charge is -1.99. The molecule has 2 rings (SSSR count). The third kappa shape index (κ3) is 2.15. The summed E-state index contributed by atoms with van der Waals surface area (Å²) in [6, 6.07) is 7.94. The van der Waals surface area contributed by atoms with Gasteiger partial charge in [0.1, 0.15) is 5.82 Å². The zero-order chi connectivity index (χ0) is 11.4. The molecule has 0 aliphatic rings. The molecule has 16 heavy (non-hydrogen) atoms. The van der Waals surface area contributed by atoms with Crippen molar-refractivity contribution in [1.29, 1.82) is 5.26 Å². The number of aromatic nitrogens is 2. The van der Waals surface area contributed by atoms with E-state index in [0.29, 0.717) is 0 Å². The van der Waals surface area contributed by atoms with Crippen molar-refractivity contribution in [3.8, 4) is 11.8 Å². The average Bonchev–Trinajstić information content (AvgIpc) is 2.76. The second-order valence-corrected chi connectivity index (χ2v) is 3.16. The predicted molar refractivity (Wildman–Crippen MR) is 58.2 cm³/mol. The maximum atomic E-state index is 12.7. The van der Waals surface area contributed by atoms with Crippen molar-refractivity contribution in [2.75, 3.05) is 0 Å². The third-order valence-electron chi connectivity index (χ3n) is 2.04. The van der Waals surface area contributed by atoms with Gasteiger partial charge in [-0.2, -0.15) is 10.4 Å². The van der Waals surface area contributed by atoms with Crippen LogP contribution in [-0.4, -0.2) is 9.78 Å². The van der Waals surface area contributed by atoms with E-state index >= 15 is 0 Å². The van der Waals surface area contributed by atoms with Gasteiger partial charge in [-0.05, 0) is 30.3 Å². The fraction of sp³-hybridized carbons (Fsp3) is 0. The number of allylic oxidation sites excluding steroid dienone is 1. The first kappa shape index (κ1) is 10.1. The highest BCUT2D eigenvalue weighted by Crippen LogP contribution is 2.10. The molecule has 0 aliphatic heterocycles. The molecule has 0 spiro atoms. The van der Waals surface area contributed by atoms with Crippen LogP contribution in [0.4, 0.5) is 4.39 Å². The Hall–Kier alpha value is -2.41. The van der Waals surface area contributed by atoms with Gasteiger partial charge in [0, 0.05) is 17.8 Å². The predicted octanol–water partition coefficient (Wildman–Crippen LogP) is 2.55. The van der Waals surface area contributed by atoms with Crippen LogP contribution in [0.5, 0.6) is 0 Å². The van der Waals surface area contributed by atoms with Crippen LogP contribution in [0.3, 0.4) is 0 Å². The van der Waals surface area contributed by atoms with E-state index in [-0.39, 0.29) is 5.82 Å². The van der Waals surface area contributed by atoms with E-state index in [2.05, 4.69) is 5.10 Å². The minimum Gasteiger partial charge on any atom is -0.240 e. The molecule has 0 aliphatic carbocycles. The Morgan fingerprint density at radius 1 is 1.31 bits per heavy atom. The molecule has 1 aromatic carbocycles. The summed E-state index contributed by atoms with van der Waals surface area (Å²) in [6.45, 7) is 0. The summed E-state index contributed by atoms with van der Waals surface area (Å²) in [5, 5.41) is 12.5. The fourth-order valence-electron chi connectivity index (χ4n) is 1.29. The minimum atomic E-state index is -0.277. The third-order valence-corrected chi connectivity index (χ3v) is 2.04. The molecule has 0 atom stereocenters. The first-order valence-electron chi connectivity index (χ1n) is 4.66. The Kier molecular flexibility index (Phi) is 2.79. The van der Waals surface area contributed by atoms with E-state index in [1.165, 1.54) is 18.2 Å². The molecule has 4 heteroatoms. The van der Waals surface area contributed by atoms with Gasteiger partial charge >= 0.3 is 0 Å². The zero-order valence-electron chi connectivity index (χ0n) is 8.34. The van der Waals surface area contributed by atoms with Crippen molar-refractivity contribution >= 4 is 6.08 Å². The van der Waals surface area contributed by atoms with Crippen LogP contribution in [0.25, 0.3) is 11.8 Å². The normalized spacial score (nSPS) is 10.5. The van der Waals surface area contributed by atoms with Gasteiger partial charge in [-0.15, -0.1) is 0 Å². The van der Waals surface area contributed by atoms with E-state index in [9.17, 15) is 4.39 Å². The van der Waals surface area contributed by atoms with Crippen molar-refractivity contribution in [1.82, 2.24) is 9.78 Å². The quantitative estimate of drug-likeness (QED) is 0.719. The van der Waals surface area contributed by atoms with Gasteiger partial charge in [0.15, 0.2) is 0 Å². The second kappa shape index (κ2) is 4.41. The average molecular weight is 213 g/mol. The summed E-state index contributed by atoms with van der Waals surface area (Å²) < 4.78 is 14.3. The first-order chi connectivity index (χ1) is 7.79. The lowest BCUT2D eigenvalue weighted by molar-refractivity contribution is 0.627. The number of hydrogen-bond acceptors (Lipinski definition) is 2. The highest BCUT2D eigenvalue weighted by molar-refractivity contribution is 5.50. The minimum absolute atomic E-state index is 0.277. The highest BCUT2D eigenvalue weighted by Gasteiger charge is 1.98.